The summed E-state index contributed by atoms with van der Waals surface area (Å²) in [5, 5.41) is 79.3. The van der Waals surface area contributed by atoms with Gasteiger partial charge in [0.1, 0.15) is 66.5 Å². The lowest BCUT2D eigenvalue weighted by atomic mass is 9.98. The lowest BCUT2D eigenvalue weighted by Crippen LogP contribution is -2.63. The Hall–Kier alpha value is -9.58. The number of aliphatic hydroxyl groups excluding tert-OH is 2. The number of aliphatic hydroxyl groups is 2. The first-order valence-electron chi connectivity index (χ1n) is 28.2. The molecule has 10 atom stereocenters. The number of nitrogens with two attached hydrogens (primary N) is 3. The molecule has 2 aromatic heterocycles. The molecule has 0 spiro atoms. The Morgan fingerprint density at radius 2 is 1.09 bits per heavy atom. The van der Waals surface area contributed by atoms with Crippen LogP contribution in [0.5, 0.6) is 5.75 Å². The summed E-state index contributed by atoms with van der Waals surface area (Å²) in [5.41, 5.74) is 14.9. The molecule has 36 nitrogen and oxygen atoms in total. The van der Waals surface area contributed by atoms with Crippen molar-refractivity contribution in [2.45, 2.75) is 154 Å². The maximum atomic E-state index is 14.2. The number of aromatic hydroxyl groups is 1. The fourth-order valence-corrected chi connectivity index (χ4v) is 8.66. The van der Waals surface area contributed by atoms with E-state index in [0.29, 0.717) is 5.56 Å². The standard InChI is InChI=1S/C53H79ClN18O18/c1-23(2)36(46(83)63-32(51(88)89)20-34(55)76)66-48(85)38(25(5)6)65-42(79)29(9-8-17-58-52(56)57)60-45(82)33(21-73)64-47(84)37(24(3)4)67-49(86)39(26(7)74)68-43(80)30(14-15-35(77)78)61-44(81)31(19-27-10-12-28(75)13-11-27)62-50(87)40-41-69-70-72(18-16-54)53(90)71(41)22-59-40/h10-13,22-26,29-33,36-39,73-75H,8-9,14-21H2,1-7H3,(H2,55,76)(H,60,82)(H,61,81)(H,62,87)(H,63,83)(H,64,84)(H,65,79)(H,66,85)(H,67,86)(H,68,80)(H,77,78)(H,88,89)(H4,56,57,58)/t26-,29+,30+,31+,32+,33+,36+,37+,38+,39+/m1/s1. The van der Waals surface area contributed by atoms with E-state index in [1.54, 1.807) is 0 Å². The van der Waals surface area contributed by atoms with E-state index < -0.39 is 186 Å². The summed E-state index contributed by atoms with van der Waals surface area (Å²) < 4.78 is 1.82. The monoisotopic (exact) mass is 1290 g/mol. The highest BCUT2D eigenvalue weighted by Gasteiger charge is 2.38. The van der Waals surface area contributed by atoms with Gasteiger partial charge < -0.3 is 90.6 Å². The number of aliphatic carboxylic acids is 2. The van der Waals surface area contributed by atoms with Crippen molar-refractivity contribution in [3.8, 4) is 5.75 Å². The molecule has 3 aromatic rings. The second kappa shape index (κ2) is 35.4. The average molecular weight is 1290 g/mol. The predicted octanol–water partition coefficient (Wildman–Crippen LogP) is -6.33. The van der Waals surface area contributed by atoms with E-state index in [9.17, 15) is 87.9 Å². The second-order valence-corrected chi connectivity index (χ2v) is 22.1. The number of nitrogens with one attached hydrogen (secondary N) is 9. The third kappa shape index (κ3) is 22.9. The molecule has 37 heteroatoms. The highest BCUT2D eigenvalue weighted by Crippen LogP contribution is 2.15. The minimum absolute atomic E-state index is 0.00227. The van der Waals surface area contributed by atoms with E-state index in [2.05, 4.69) is 68.1 Å². The summed E-state index contributed by atoms with van der Waals surface area (Å²) in [6, 6.07) is -9.57. The minimum Gasteiger partial charge on any atom is -0.508 e. The Kier molecular flexibility index (Phi) is 29.4. The van der Waals surface area contributed by atoms with Gasteiger partial charge in [0.25, 0.3) is 5.91 Å². The molecule has 20 N–H and O–H groups in total. The molecule has 0 bridgehead atoms. The number of aromatic nitrogens is 5. The van der Waals surface area contributed by atoms with Crippen molar-refractivity contribution in [2.24, 2.45) is 39.9 Å². The third-order valence-corrected chi connectivity index (χ3v) is 13.6. The van der Waals surface area contributed by atoms with Gasteiger partial charge in [-0.1, -0.05) is 58.9 Å². The molecule has 1 aromatic carbocycles. The number of imidazole rings is 1. The number of phenolic OH excluding ortho intramolecular Hbond substituents is 1. The maximum absolute atomic E-state index is 14.2. The number of rotatable bonds is 37. The first-order chi connectivity index (χ1) is 42.2. The molecule has 0 saturated heterocycles. The number of guanidine groups is 1. The van der Waals surface area contributed by atoms with Crippen LogP contribution in [-0.2, 0) is 65.7 Å². The maximum Gasteiger partial charge on any atom is 0.353 e. The lowest BCUT2D eigenvalue weighted by Gasteiger charge is -2.30. The number of primary amides is 1. The molecular formula is C53H79ClN18O18. The number of hydrogen-bond acceptors (Lipinski definition) is 20. The van der Waals surface area contributed by atoms with Gasteiger partial charge in [-0.15, -0.1) is 16.7 Å². The SMILES string of the molecule is CC(C)[C@H](NC(=O)[C@H](CCCN=C(N)N)NC(=O)[C@H](CO)NC(=O)[C@@H](NC(=O)[C@@H](NC(=O)[C@H](CCC(=O)O)NC(=O)[C@H](Cc1ccc(O)cc1)NC(=O)c1ncn2c(=O)n(CCCl)nnc12)[C@@H](C)O)C(C)C)C(=O)N[C@H](C(=O)N[C@@H](CC(N)=O)C(=O)O)C(C)C. The number of carbonyl (C=O) groups is 12. The molecule has 3 rings (SSSR count). The molecule has 0 aliphatic carbocycles. The van der Waals surface area contributed by atoms with Crippen LogP contribution < -0.4 is 70.7 Å². The van der Waals surface area contributed by atoms with Crippen LogP contribution in [0, 0.1) is 17.8 Å². The van der Waals surface area contributed by atoms with E-state index in [1.807, 2.05) is 0 Å². The molecular weight excluding hydrogens is 1210 g/mol. The smallest absolute Gasteiger partial charge is 0.353 e. The Balaban J connectivity index is 1.86. The molecule has 90 heavy (non-hydrogen) atoms. The van der Waals surface area contributed by atoms with Crippen molar-refractivity contribution in [2.75, 3.05) is 19.0 Å². The number of fused-ring (bicyclic) bond motifs is 1. The highest BCUT2D eigenvalue weighted by atomic mass is 35.5. The van der Waals surface area contributed by atoms with Gasteiger partial charge in [-0.25, -0.2) is 19.0 Å². The van der Waals surface area contributed by atoms with Crippen molar-refractivity contribution in [1.29, 1.82) is 0 Å². The minimum atomic E-state index is -1.95. The van der Waals surface area contributed by atoms with Gasteiger partial charge in [0.05, 0.1) is 25.7 Å². The molecule has 0 unspecified atom stereocenters. The number of nitrogens with zero attached hydrogens (tertiary/aromatic N) is 6. The largest absolute Gasteiger partial charge is 0.508 e. The first-order valence-corrected chi connectivity index (χ1v) is 28.7. The van der Waals surface area contributed by atoms with Crippen LogP contribution in [0.4, 0.5) is 0 Å². The van der Waals surface area contributed by atoms with E-state index in [4.69, 9.17) is 28.8 Å². The number of phenols is 1. The number of carboxylic acids is 2. The van der Waals surface area contributed by atoms with Gasteiger partial charge in [0.2, 0.25) is 53.2 Å². The van der Waals surface area contributed by atoms with Crippen LogP contribution in [-0.4, -0.2) is 206 Å². The van der Waals surface area contributed by atoms with Crippen LogP contribution in [0.1, 0.15) is 96.6 Å². The van der Waals surface area contributed by atoms with Crippen molar-refractivity contribution >= 4 is 94.2 Å². The molecule has 0 saturated carbocycles. The number of amides is 10. The molecule has 0 radical (unpaired) electrons. The van der Waals surface area contributed by atoms with E-state index in [1.165, 1.54) is 65.8 Å². The first kappa shape index (κ1) is 74.7. The van der Waals surface area contributed by atoms with Crippen molar-refractivity contribution < 1.29 is 83.1 Å². The molecule has 496 valence electrons. The average Bonchev–Trinajstić information content (AvgIpc) is 1.84. The number of benzene rings is 1. The summed E-state index contributed by atoms with van der Waals surface area (Å²) in [7, 11) is 0. The zero-order valence-electron chi connectivity index (χ0n) is 50.3. The number of alkyl halides is 1. The van der Waals surface area contributed by atoms with Crippen molar-refractivity contribution in [3.63, 3.8) is 0 Å². The number of hydrogen-bond donors (Lipinski definition) is 17. The molecule has 0 aliphatic heterocycles. The number of carboxylic acid groups (broad SMARTS) is 2. The van der Waals surface area contributed by atoms with Crippen molar-refractivity contribution in [3.05, 3.63) is 52.3 Å². The zero-order valence-corrected chi connectivity index (χ0v) is 51.1. The molecule has 0 aliphatic rings. The van der Waals surface area contributed by atoms with Gasteiger partial charge in [0.15, 0.2) is 17.3 Å². The number of aryl methyl sites for hydroxylation is 1. The Morgan fingerprint density at radius 3 is 1.57 bits per heavy atom. The van der Waals surface area contributed by atoms with E-state index in [0.717, 1.165) is 22.3 Å². The zero-order chi connectivity index (χ0) is 67.9. The lowest BCUT2D eigenvalue weighted by molar-refractivity contribution is -0.144. The fourth-order valence-electron chi connectivity index (χ4n) is 8.50. The summed E-state index contributed by atoms with van der Waals surface area (Å²) in [4.78, 5) is 181. The highest BCUT2D eigenvalue weighted by molar-refractivity contribution is 6.17. The second-order valence-electron chi connectivity index (χ2n) is 21.7. The number of halogens is 1. The summed E-state index contributed by atoms with van der Waals surface area (Å²) in [6.45, 7) is 8.87. The third-order valence-electron chi connectivity index (χ3n) is 13.4. The summed E-state index contributed by atoms with van der Waals surface area (Å²) in [6.07, 6.45) is -3.47. The Labute approximate surface area is 519 Å². The fraction of sp³-hybridized carbons (Fsp3) is 0.566. The van der Waals surface area contributed by atoms with Crippen molar-refractivity contribution in [1.82, 2.24) is 72.2 Å². The molecule has 0 fully saturated rings. The normalized spacial score (nSPS) is 14.6. The van der Waals surface area contributed by atoms with Gasteiger partial charge in [-0.2, -0.15) is 4.68 Å². The van der Waals surface area contributed by atoms with Gasteiger partial charge in [0, 0.05) is 25.3 Å². The van der Waals surface area contributed by atoms with E-state index in [-0.39, 0.29) is 55.6 Å². The Bertz CT molecular complexity index is 3150. The van der Waals surface area contributed by atoms with Gasteiger partial charge >= 0.3 is 17.6 Å². The van der Waals surface area contributed by atoms with Crippen LogP contribution in [0.15, 0.2) is 40.4 Å². The van der Waals surface area contributed by atoms with Crippen LogP contribution >= 0.6 is 11.6 Å². The van der Waals surface area contributed by atoms with Crippen LogP contribution in [0.2, 0.25) is 0 Å². The van der Waals surface area contributed by atoms with E-state index >= 15 is 0 Å². The number of aliphatic imine (C=N–C) groups is 1. The topological polar surface area (TPSA) is 570 Å². The van der Waals surface area contributed by atoms with Crippen LogP contribution in [0.25, 0.3) is 5.65 Å². The van der Waals surface area contributed by atoms with Gasteiger partial charge in [-0.05, 0) is 61.6 Å². The molecule has 10 amide bonds. The quantitative estimate of drug-likeness (QED) is 0.0110. The van der Waals surface area contributed by atoms with Gasteiger partial charge in [-0.3, -0.25) is 57.7 Å². The molecule has 2 heterocycles. The Morgan fingerprint density at radius 1 is 0.622 bits per heavy atom. The summed E-state index contributed by atoms with van der Waals surface area (Å²) >= 11 is 5.75. The predicted molar refractivity (Wildman–Crippen MR) is 316 cm³/mol. The summed E-state index contributed by atoms with van der Waals surface area (Å²) in [5.74, 6) is -16.5. The number of carbonyl (C=O) groups excluding carboxylic acids is 10. The van der Waals surface area contributed by atoms with Crippen LogP contribution in [0.3, 0.4) is 0 Å².